The molecule has 1 unspecified atom stereocenters. The van der Waals surface area contributed by atoms with Gasteiger partial charge in [0.05, 0.1) is 18.4 Å². The van der Waals surface area contributed by atoms with Crippen molar-refractivity contribution < 1.29 is 32.0 Å². The molecule has 3 aliphatic heterocycles. The first-order chi connectivity index (χ1) is 17.3. The Hall–Kier alpha value is -2.70. The van der Waals surface area contributed by atoms with Gasteiger partial charge in [-0.05, 0) is 33.1 Å². The molecule has 0 bridgehead atoms. The predicted molar refractivity (Wildman–Crippen MR) is 137 cm³/mol. The van der Waals surface area contributed by atoms with Crippen molar-refractivity contribution in [1.29, 1.82) is 0 Å². The SMILES string of the molecule is CC(=O)CCC(=O)O[C@H]1C2O[Si](C)(C)O[Si](C)(C)OC[C@@H]2O[C@H]1n1cc2c3c(ncnc31)N(C)N=C2N. The van der Waals surface area contributed by atoms with Gasteiger partial charge < -0.3 is 37.5 Å². The topological polar surface area (TPSA) is 153 Å². The van der Waals surface area contributed by atoms with Gasteiger partial charge in [0, 0.05) is 25.2 Å². The zero-order chi connectivity index (χ0) is 26.7. The largest absolute Gasteiger partial charge is 0.455 e. The standard InChI is InChI=1S/C22H32N6O7Si2/c1-12(29)7-8-15(30)33-18-17-14(10-31-36(3,4)35-37(5,6)34-17)32-22(18)28-9-13-16-20(24-11-25-21(16)28)27(2)26-19(13)23/h9,11,14,17-18,22H,7-8,10H2,1-6H3,(H2,23,26)/t14-,17?,18-,22+/m0/s1. The summed E-state index contributed by atoms with van der Waals surface area (Å²) in [5, 5.41) is 6.65. The van der Waals surface area contributed by atoms with E-state index in [0.717, 1.165) is 5.39 Å². The van der Waals surface area contributed by atoms with Crippen LogP contribution in [-0.2, 0) is 32.0 Å². The van der Waals surface area contributed by atoms with Gasteiger partial charge in [0.15, 0.2) is 24.0 Å². The molecule has 13 nitrogen and oxygen atoms in total. The van der Waals surface area contributed by atoms with E-state index in [1.807, 2.05) is 26.2 Å². The number of hydrogen-bond donors (Lipinski definition) is 1. The van der Waals surface area contributed by atoms with Crippen molar-refractivity contribution in [3.8, 4) is 0 Å². The second-order valence-corrected chi connectivity index (χ2v) is 17.3. The number of anilines is 1. The average Bonchev–Trinajstić information content (AvgIpc) is 3.32. The highest BCUT2D eigenvalue weighted by molar-refractivity contribution is 6.78. The van der Waals surface area contributed by atoms with Crippen LogP contribution in [0.4, 0.5) is 5.82 Å². The predicted octanol–water partition coefficient (Wildman–Crippen LogP) is 1.52. The number of nitrogens with zero attached hydrogens (tertiary/aromatic N) is 5. The summed E-state index contributed by atoms with van der Waals surface area (Å²) in [6.07, 6.45) is 0.427. The quantitative estimate of drug-likeness (QED) is 0.427. The zero-order valence-electron chi connectivity index (χ0n) is 21.8. The van der Waals surface area contributed by atoms with Crippen LogP contribution in [0.15, 0.2) is 17.6 Å². The maximum absolute atomic E-state index is 12.8. The van der Waals surface area contributed by atoms with Gasteiger partial charge in [-0.1, -0.05) is 0 Å². The number of ketones is 1. The summed E-state index contributed by atoms with van der Waals surface area (Å²) in [6, 6.07) is 0. The lowest BCUT2D eigenvalue weighted by atomic mass is 10.1. The van der Waals surface area contributed by atoms with Gasteiger partial charge in [0.1, 0.15) is 30.0 Å². The van der Waals surface area contributed by atoms with E-state index < -0.39 is 47.6 Å². The van der Waals surface area contributed by atoms with Crippen LogP contribution in [0, 0.1) is 0 Å². The molecule has 4 atom stereocenters. The summed E-state index contributed by atoms with van der Waals surface area (Å²) in [4.78, 5) is 33.2. The number of carbonyl (C=O) groups is 2. The summed E-state index contributed by atoms with van der Waals surface area (Å²) in [6.45, 7) is 9.46. The average molecular weight is 549 g/mol. The molecule has 2 aromatic heterocycles. The van der Waals surface area contributed by atoms with Crippen LogP contribution < -0.4 is 10.7 Å². The number of esters is 1. The van der Waals surface area contributed by atoms with Crippen LogP contribution >= 0.6 is 0 Å². The Balaban J connectivity index is 1.57. The van der Waals surface area contributed by atoms with Crippen LogP contribution in [0.2, 0.25) is 26.2 Å². The van der Waals surface area contributed by atoms with Crippen molar-refractivity contribution in [1.82, 2.24) is 14.5 Å². The molecule has 0 spiro atoms. The molecule has 2 saturated heterocycles. The third kappa shape index (κ3) is 4.94. The molecular weight excluding hydrogens is 516 g/mol. The number of hydrazone groups is 1. The number of hydrogen-bond acceptors (Lipinski definition) is 12. The molecule has 0 aromatic carbocycles. The van der Waals surface area contributed by atoms with Crippen LogP contribution in [-0.4, -0.2) is 81.2 Å². The van der Waals surface area contributed by atoms with Crippen molar-refractivity contribution in [3.63, 3.8) is 0 Å². The molecule has 2 N–H and O–H groups in total. The van der Waals surface area contributed by atoms with Gasteiger partial charge in [-0.3, -0.25) is 4.79 Å². The molecule has 3 aliphatic rings. The lowest BCUT2D eigenvalue weighted by molar-refractivity contribution is -0.158. The summed E-state index contributed by atoms with van der Waals surface area (Å²) in [5.74, 6) is 0.290. The van der Waals surface area contributed by atoms with Gasteiger partial charge in [-0.25, -0.2) is 15.0 Å². The second-order valence-electron chi connectivity index (χ2n) is 10.4. The number of fused-ring (bicyclic) bond motifs is 1. The minimum atomic E-state index is -2.70. The van der Waals surface area contributed by atoms with E-state index in [-0.39, 0.29) is 25.2 Å². The van der Waals surface area contributed by atoms with Crippen molar-refractivity contribution in [3.05, 3.63) is 18.1 Å². The van der Waals surface area contributed by atoms with E-state index >= 15 is 0 Å². The highest BCUT2D eigenvalue weighted by atomic mass is 28.5. The van der Waals surface area contributed by atoms with E-state index in [4.69, 9.17) is 28.2 Å². The molecule has 5 heterocycles. The summed E-state index contributed by atoms with van der Waals surface area (Å²) in [7, 11) is -3.41. The Morgan fingerprint density at radius 2 is 1.95 bits per heavy atom. The van der Waals surface area contributed by atoms with Crippen molar-refractivity contribution in [2.75, 3.05) is 18.7 Å². The number of carbonyl (C=O) groups excluding carboxylic acids is 2. The first-order valence-corrected chi connectivity index (χ1v) is 17.8. The van der Waals surface area contributed by atoms with Crippen LogP contribution in [0.25, 0.3) is 11.0 Å². The normalized spacial score (nSPS) is 28.3. The van der Waals surface area contributed by atoms with Crippen molar-refractivity contribution >= 4 is 51.6 Å². The Morgan fingerprint density at radius 3 is 2.68 bits per heavy atom. The molecule has 5 rings (SSSR count). The number of ether oxygens (including phenoxy) is 2. The minimum Gasteiger partial charge on any atom is -0.455 e. The van der Waals surface area contributed by atoms with E-state index in [9.17, 15) is 9.59 Å². The Kier molecular flexibility index (Phi) is 6.48. The van der Waals surface area contributed by atoms with E-state index in [1.54, 1.807) is 22.8 Å². The fourth-order valence-electron chi connectivity index (χ4n) is 5.04. The number of nitrogens with two attached hydrogens (primary N) is 1. The Bertz CT molecular complexity index is 1280. The lowest BCUT2D eigenvalue weighted by Crippen LogP contribution is -2.57. The summed E-state index contributed by atoms with van der Waals surface area (Å²) < 4.78 is 33.3. The van der Waals surface area contributed by atoms with Gasteiger partial charge in [0.25, 0.3) is 0 Å². The Labute approximate surface area is 216 Å². The first-order valence-electron chi connectivity index (χ1n) is 12.2. The number of aromatic nitrogens is 3. The zero-order valence-corrected chi connectivity index (χ0v) is 23.8. The fourth-order valence-corrected chi connectivity index (χ4v) is 11.7. The number of Topliss-reactive ketones (excluding diaryl/α,β-unsaturated/α-hetero) is 1. The molecule has 0 saturated carbocycles. The molecule has 37 heavy (non-hydrogen) atoms. The van der Waals surface area contributed by atoms with Gasteiger partial charge in [-0.2, -0.15) is 5.10 Å². The van der Waals surface area contributed by atoms with Crippen molar-refractivity contribution in [2.24, 2.45) is 10.8 Å². The molecule has 0 radical (unpaired) electrons. The molecule has 0 aliphatic carbocycles. The summed E-state index contributed by atoms with van der Waals surface area (Å²) >= 11 is 0. The molecule has 2 fully saturated rings. The van der Waals surface area contributed by atoms with Crippen molar-refractivity contribution in [2.45, 2.75) is 70.5 Å². The van der Waals surface area contributed by atoms with Crippen LogP contribution in [0.5, 0.6) is 0 Å². The maximum Gasteiger partial charge on any atom is 0.323 e. The minimum absolute atomic E-state index is 0.0436. The van der Waals surface area contributed by atoms with E-state index in [2.05, 4.69) is 15.1 Å². The monoisotopic (exact) mass is 548 g/mol. The highest BCUT2D eigenvalue weighted by Crippen LogP contribution is 2.41. The molecule has 200 valence electrons. The highest BCUT2D eigenvalue weighted by Gasteiger charge is 2.54. The van der Waals surface area contributed by atoms with Gasteiger partial charge in [-0.15, -0.1) is 0 Å². The van der Waals surface area contributed by atoms with Gasteiger partial charge >= 0.3 is 23.1 Å². The van der Waals surface area contributed by atoms with Crippen LogP contribution in [0.3, 0.4) is 0 Å². The summed E-state index contributed by atoms with van der Waals surface area (Å²) in [5.41, 5.74) is 7.45. The smallest absolute Gasteiger partial charge is 0.323 e. The number of rotatable bonds is 5. The number of amidine groups is 1. The second kappa shape index (κ2) is 9.25. The maximum atomic E-state index is 12.8. The molecule has 0 amide bonds. The molecule has 2 aromatic rings. The Morgan fingerprint density at radius 1 is 1.19 bits per heavy atom. The molecular formula is C22H32N6O7Si2. The first kappa shape index (κ1) is 25.9. The van der Waals surface area contributed by atoms with E-state index in [1.165, 1.54) is 13.3 Å². The van der Waals surface area contributed by atoms with E-state index in [0.29, 0.717) is 22.9 Å². The fraction of sp³-hybridized carbons (Fsp3) is 0.591. The molecule has 15 heteroatoms. The van der Waals surface area contributed by atoms with Gasteiger partial charge in [0.2, 0.25) is 0 Å². The van der Waals surface area contributed by atoms with Crippen LogP contribution in [0.1, 0.15) is 31.6 Å². The third-order valence-corrected chi connectivity index (χ3v) is 12.1. The third-order valence-electron chi connectivity index (χ3n) is 6.44. The lowest BCUT2D eigenvalue weighted by Gasteiger charge is -2.39.